The summed E-state index contributed by atoms with van der Waals surface area (Å²) in [7, 11) is 0. The number of carboxylic acids is 4. The second-order valence-electron chi connectivity index (χ2n) is 6.86. The van der Waals surface area contributed by atoms with Crippen molar-refractivity contribution in [1.29, 1.82) is 0 Å². The predicted molar refractivity (Wildman–Crippen MR) is 93.7 cm³/mol. The third kappa shape index (κ3) is 3.27. The largest absolute Gasteiger partial charge is 0.478 e. The molecule has 2 aromatic carbocycles. The van der Waals surface area contributed by atoms with E-state index in [9.17, 15) is 55.7 Å². The Morgan fingerprint density at radius 3 is 1.09 bits per heavy atom. The highest BCUT2D eigenvalue weighted by Gasteiger charge is 2.75. The average molecular weight is 494 g/mol. The molecule has 2 aromatic rings. The topological polar surface area (TPSA) is 158 Å². The molecule has 0 aliphatic carbocycles. The zero-order chi connectivity index (χ0) is 26.0. The van der Waals surface area contributed by atoms with E-state index in [4.69, 9.17) is 14.9 Å². The second kappa shape index (κ2) is 7.36. The lowest BCUT2D eigenvalue weighted by atomic mass is 9.69. The van der Waals surface area contributed by atoms with Gasteiger partial charge in [0.1, 0.15) is 11.5 Å². The summed E-state index contributed by atoms with van der Waals surface area (Å²) >= 11 is 0. The van der Waals surface area contributed by atoms with Crippen LogP contribution in [-0.2, 0) is 5.41 Å². The van der Waals surface area contributed by atoms with E-state index in [1.54, 1.807) is 0 Å². The van der Waals surface area contributed by atoms with Gasteiger partial charge in [-0.05, 0) is 24.3 Å². The molecule has 0 amide bonds. The van der Waals surface area contributed by atoms with Gasteiger partial charge < -0.3 is 25.2 Å². The maximum Gasteiger partial charge on any atom is 0.411 e. The molecule has 34 heavy (non-hydrogen) atoms. The number of hydrogen-bond acceptors (Lipinski definition) is 5. The van der Waals surface area contributed by atoms with E-state index in [1.807, 2.05) is 0 Å². The van der Waals surface area contributed by atoms with Crippen LogP contribution >= 0.6 is 0 Å². The summed E-state index contributed by atoms with van der Waals surface area (Å²) in [6.07, 6.45) is -12.6. The van der Waals surface area contributed by atoms with Crippen molar-refractivity contribution in [2.24, 2.45) is 0 Å². The van der Waals surface area contributed by atoms with Crippen LogP contribution in [0.15, 0.2) is 24.3 Å². The van der Waals surface area contributed by atoms with Crippen LogP contribution in [0.2, 0.25) is 0 Å². The molecule has 0 atom stereocenters. The molecule has 0 saturated heterocycles. The third-order valence-corrected chi connectivity index (χ3v) is 5.04. The first kappa shape index (κ1) is 24.3. The van der Waals surface area contributed by atoms with E-state index >= 15 is 0 Å². The average Bonchev–Trinajstić information content (AvgIpc) is 2.67. The van der Waals surface area contributed by atoms with Crippen LogP contribution < -0.4 is 4.74 Å². The number of ether oxygens (including phenoxy) is 1. The van der Waals surface area contributed by atoms with E-state index in [0.717, 1.165) is 0 Å². The van der Waals surface area contributed by atoms with E-state index < -0.39 is 86.5 Å². The zero-order valence-electron chi connectivity index (χ0n) is 15.9. The van der Waals surface area contributed by atoms with Crippen molar-refractivity contribution < 1.29 is 70.7 Å². The molecule has 0 saturated carbocycles. The van der Waals surface area contributed by atoms with Crippen molar-refractivity contribution in [1.82, 2.24) is 0 Å². The van der Waals surface area contributed by atoms with Crippen LogP contribution in [0.4, 0.5) is 26.3 Å². The molecule has 1 aliphatic heterocycles. The SMILES string of the molecule is O=C(O)c1cc2c(cc1C(=O)O)C(C(F)(F)F)(C(F)(F)F)c1cc(C(=O)O)c(C(=O)O)cc1O2. The minimum absolute atomic E-state index is 0.127. The van der Waals surface area contributed by atoms with Gasteiger partial charge in [0, 0.05) is 11.1 Å². The Morgan fingerprint density at radius 2 is 0.853 bits per heavy atom. The van der Waals surface area contributed by atoms with Crippen molar-refractivity contribution in [3.8, 4) is 11.5 Å². The molecule has 180 valence electrons. The van der Waals surface area contributed by atoms with Crippen LogP contribution in [0, 0.1) is 0 Å². The minimum Gasteiger partial charge on any atom is -0.478 e. The Hall–Kier alpha value is -4.30. The van der Waals surface area contributed by atoms with Gasteiger partial charge >= 0.3 is 36.2 Å². The number of carbonyl (C=O) groups is 4. The molecule has 3 rings (SSSR count). The Morgan fingerprint density at radius 1 is 0.588 bits per heavy atom. The van der Waals surface area contributed by atoms with E-state index in [2.05, 4.69) is 0 Å². The molecule has 0 aromatic heterocycles. The monoisotopic (exact) mass is 494 g/mol. The van der Waals surface area contributed by atoms with Gasteiger partial charge in [0.2, 0.25) is 5.41 Å². The van der Waals surface area contributed by atoms with Crippen LogP contribution in [-0.4, -0.2) is 56.7 Å². The first-order chi connectivity index (χ1) is 15.4. The summed E-state index contributed by atoms with van der Waals surface area (Å²) in [6, 6.07) is -0.0865. The lowest BCUT2D eigenvalue weighted by molar-refractivity contribution is -0.290. The lowest BCUT2D eigenvalue weighted by Gasteiger charge is -2.42. The summed E-state index contributed by atoms with van der Waals surface area (Å²) in [5.41, 5.74) is -14.1. The quantitative estimate of drug-likeness (QED) is 0.461. The summed E-state index contributed by atoms with van der Waals surface area (Å²) < 4.78 is 90.9. The number of benzene rings is 2. The number of hydrogen-bond donors (Lipinski definition) is 4. The minimum atomic E-state index is -6.32. The fourth-order valence-corrected chi connectivity index (χ4v) is 3.66. The van der Waals surface area contributed by atoms with Gasteiger partial charge in [0.05, 0.1) is 22.3 Å². The van der Waals surface area contributed by atoms with Crippen molar-refractivity contribution in [3.05, 3.63) is 57.6 Å². The van der Waals surface area contributed by atoms with Crippen molar-refractivity contribution in [2.75, 3.05) is 0 Å². The van der Waals surface area contributed by atoms with Gasteiger partial charge in [0.25, 0.3) is 0 Å². The molecular weight excluding hydrogens is 486 g/mol. The second-order valence-corrected chi connectivity index (χ2v) is 6.86. The lowest BCUT2D eigenvalue weighted by Crippen LogP contribution is -2.56. The summed E-state index contributed by atoms with van der Waals surface area (Å²) in [4.78, 5) is 45.6. The van der Waals surface area contributed by atoms with Crippen LogP contribution in [0.25, 0.3) is 0 Å². The molecule has 15 heteroatoms. The molecule has 0 radical (unpaired) electrons. The van der Waals surface area contributed by atoms with E-state index in [1.165, 1.54) is 0 Å². The number of alkyl halides is 6. The van der Waals surface area contributed by atoms with E-state index in [-0.39, 0.29) is 24.3 Å². The van der Waals surface area contributed by atoms with E-state index in [0.29, 0.717) is 0 Å². The summed E-state index contributed by atoms with van der Waals surface area (Å²) in [6.45, 7) is 0. The molecule has 4 N–H and O–H groups in total. The summed E-state index contributed by atoms with van der Waals surface area (Å²) in [5, 5.41) is 36.7. The Kier molecular flexibility index (Phi) is 5.27. The predicted octanol–water partition coefficient (Wildman–Crippen LogP) is 4.00. The van der Waals surface area contributed by atoms with Crippen molar-refractivity contribution in [3.63, 3.8) is 0 Å². The highest BCUT2D eigenvalue weighted by Crippen LogP contribution is 2.63. The van der Waals surface area contributed by atoms with Crippen molar-refractivity contribution in [2.45, 2.75) is 17.8 Å². The fourth-order valence-electron chi connectivity index (χ4n) is 3.66. The number of carboxylic acid groups (broad SMARTS) is 4. The Labute approximate surface area is 182 Å². The van der Waals surface area contributed by atoms with Gasteiger partial charge in [-0.3, -0.25) is 0 Å². The zero-order valence-corrected chi connectivity index (χ0v) is 15.9. The third-order valence-electron chi connectivity index (χ3n) is 5.04. The number of halogens is 6. The molecule has 0 bridgehead atoms. The maximum absolute atomic E-state index is 14.3. The summed E-state index contributed by atoms with van der Waals surface area (Å²) in [5.74, 6) is -11.1. The van der Waals surface area contributed by atoms with Gasteiger partial charge in [-0.2, -0.15) is 26.3 Å². The molecule has 9 nitrogen and oxygen atoms in total. The molecular formula is C19H8F6O9. The maximum atomic E-state index is 14.3. The van der Waals surface area contributed by atoms with Gasteiger partial charge in [0.15, 0.2) is 0 Å². The van der Waals surface area contributed by atoms with Crippen LogP contribution in [0.3, 0.4) is 0 Å². The highest BCUT2D eigenvalue weighted by atomic mass is 19.4. The molecule has 0 unspecified atom stereocenters. The first-order valence-corrected chi connectivity index (χ1v) is 8.56. The Bertz CT molecular complexity index is 1180. The smallest absolute Gasteiger partial charge is 0.411 e. The standard InChI is InChI=1S/C19H8F6O9/c20-18(21,22)17(19(23,24)25)9-1-5(13(26)27)7(15(30)31)3-11(9)34-12-4-8(16(32)33)6(14(28)29)2-10(12)17/h1-4H,(H,26,27)(H,28,29)(H,30,31)(H,32,33). The van der Waals surface area contributed by atoms with Gasteiger partial charge in [-0.25, -0.2) is 19.2 Å². The molecule has 0 fully saturated rings. The van der Waals surface area contributed by atoms with Crippen LogP contribution in [0.1, 0.15) is 52.6 Å². The molecule has 1 aliphatic rings. The van der Waals surface area contributed by atoms with Crippen LogP contribution in [0.5, 0.6) is 11.5 Å². The molecule has 1 heterocycles. The fraction of sp³-hybridized carbons (Fsp3) is 0.158. The molecule has 0 spiro atoms. The first-order valence-electron chi connectivity index (χ1n) is 8.56. The number of fused-ring (bicyclic) bond motifs is 2. The highest BCUT2D eigenvalue weighted by molar-refractivity contribution is 6.04. The normalized spacial score (nSPS) is 14.4. The number of aromatic carboxylic acids is 4. The Balaban J connectivity index is 2.62. The van der Waals surface area contributed by atoms with Gasteiger partial charge in [-0.15, -0.1) is 0 Å². The van der Waals surface area contributed by atoms with Crippen molar-refractivity contribution >= 4 is 23.9 Å². The van der Waals surface area contributed by atoms with Gasteiger partial charge in [-0.1, -0.05) is 0 Å². The number of rotatable bonds is 4.